The Morgan fingerprint density at radius 2 is 1.88 bits per heavy atom. The van der Waals surface area contributed by atoms with Crippen LogP contribution in [0.15, 0.2) is 59.1 Å². The fourth-order valence-electron chi connectivity index (χ4n) is 8.94. The summed E-state index contributed by atoms with van der Waals surface area (Å²) < 4.78 is 56.2. The first-order valence-corrected chi connectivity index (χ1v) is 26.1. The zero-order chi connectivity index (χ0) is 47.7. The van der Waals surface area contributed by atoms with E-state index >= 15 is 0 Å². The van der Waals surface area contributed by atoms with Crippen molar-refractivity contribution in [1.82, 2.24) is 43.9 Å². The first kappa shape index (κ1) is 46.8. The number of aliphatic imine (C=N–C) groups is 1. The van der Waals surface area contributed by atoms with Crippen LogP contribution in [0.25, 0.3) is 22.3 Å². The SMILES string of the molecule is CN(C)/C=N/c1nc2c(ncn2[C@@H]2O[C@@]3(CO)CO[C@@H]2[C@@H]3OP(=O)(OCCC#N)OC[C@]23C[C@@H]2[C@@H](n2cnc4c(NC(=O)c5ccccc5)ncnc42)[C@H](O[Si](C)(C)C(C)(C)C)[C@@H]3O)c(=O)[nH]1. The zero-order valence-electron chi connectivity index (χ0n) is 38.0. The number of fused-ring (bicyclic) bond motifs is 5. The second kappa shape index (κ2) is 17.3. The lowest BCUT2D eigenvalue weighted by Gasteiger charge is -2.42. The standard InChI is InChI=1S/C42H53N12O11PSi/c1-40(2,3)67(6,7)65-29-28(53-22-46-26-33(44-20-45-34(26)53)49-36(57)24-12-9-8-10-13-24)25-16-41(25,31(29)56)18-62-66(59,61-15-11-14-43)64-32-30-38(63-42(32,17-55)19-60-30)54-23-47-27-35(54)50-39(51-37(27)58)48-21-52(4)5/h8-10,12-13,20-23,25,28-32,38,55-56H,11,15-19H2,1-7H3,(H,50,51,58)(H,44,45,49,57)/b48-21+/t25-,28-,29+,30-,31+,32+,38-,41-,42+,66?/m1/s1. The van der Waals surface area contributed by atoms with Gasteiger partial charge < -0.3 is 38.9 Å². The maximum absolute atomic E-state index is 15.0. The van der Waals surface area contributed by atoms with Crippen molar-refractivity contribution >= 4 is 62.5 Å². The molecule has 6 heterocycles. The van der Waals surface area contributed by atoms with E-state index in [1.54, 1.807) is 49.6 Å². The summed E-state index contributed by atoms with van der Waals surface area (Å²) in [7, 11) is -3.75. The third kappa shape index (κ3) is 8.30. The molecule has 23 nitrogen and oxygen atoms in total. The van der Waals surface area contributed by atoms with Crippen LogP contribution in [0.3, 0.4) is 0 Å². The Morgan fingerprint density at radius 3 is 2.60 bits per heavy atom. The number of nitriles is 1. The van der Waals surface area contributed by atoms with E-state index in [1.807, 2.05) is 16.7 Å². The number of carbonyl (C=O) groups is 1. The number of rotatable bonds is 17. The average molecular weight is 961 g/mol. The molecule has 4 fully saturated rings. The number of phosphoric acid groups is 1. The van der Waals surface area contributed by atoms with Crippen molar-refractivity contribution in [3.63, 3.8) is 0 Å². The molecular formula is C42H53N12O11PSi. The Balaban J connectivity index is 1.01. The number of aliphatic hydroxyl groups excluding tert-OH is 2. The number of aromatic nitrogens is 8. The van der Waals surface area contributed by atoms with Crippen LogP contribution in [0, 0.1) is 22.7 Å². The molecule has 2 aliphatic heterocycles. The summed E-state index contributed by atoms with van der Waals surface area (Å²) in [5, 5.41) is 35.3. The fourth-order valence-corrected chi connectivity index (χ4v) is 11.7. The predicted molar refractivity (Wildman–Crippen MR) is 242 cm³/mol. The highest BCUT2D eigenvalue weighted by molar-refractivity contribution is 7.48. The fraction of sp³-hybridized carbons (Fsp3) is 0.548. The molecule has 4 aromatic heterocycles. The van der Waals surface area contributed by atoms with E-state index < -0.39 is 76.0 Å². The lowest BCUT2D eigenvalue weighted by Crippen LogP contribution is -2.49. The van der Waals surface area contributed by atoms with Crippen LogP contribution in [-0.2, 0) is 32.0 Å². The number of nitrogens with one attached hydrogen (secondary N) is 2. The van der Waals surface area contributed by atoms with Crippen molar-refractivity contribution in [1.29, 1.82) is 5.26 Å². The molecule has 2 saturated heterocycles. The highest BCUT2D eigenvalue weighted by Crippen LogP contribution is 2.71. The van der Waals surface area contributed by atoms with Crippen LogP contribution in [-0.4, -0.2) is 145 Å². The van der Waals surface area contributed by atoms with Crippen LogP contribution >= 0.6 is 7.82 Å². The number of hydrogen-bond donors (Lipinski definition) is 4. The Kier molecular flexibility index (Phi) is 12.1. The number of nitrogens with zero attached hydrogens (tertiary/aromatic N) is 10. The second-order valence-electron chi connectivity index (χ2n) is 19.1. The molecule has 0 spiro atoms. The van der Waals surface area contributed by atoms with Gasteiger partial charge >= 0.3 is 7.82 Å². The van der Waals surface area contributed by atoms with Gasteiger partial charge in [-0.25, -0.2) is 29.5 Å². The number of hydrogen-bond acceptors (Lipinski definition) is 18. The molecule has 1 unspecified atom stereocenters. The number of anilines is 1. The Morgan fingerprint density at radius 1 is 1.13 bits per heavy atom. The second-order valence-corrected chi connectivity index (χ2v) is 25.5. The minimum absolute atomic E-state index is 0.00289. The lowest BCUT2D eigenvalue weighted by atomic mass is 10.0. The average Bonchev–Trinajstić information content (AvgIpc) is 3.71. The van der Waals surface area contributed by atoms with E-state index in [4.69, 9.17) is 27.5 Å². The molecule has 1 aromatic carbocycles. The molecule has 2 bridgehead atoms. The molecule has 2 aliphatic carbocycles. The number of imidazole rings is 2. The third-order valence-electron chi connectivity index (χ3n) is 13.6. The zero-order valence-corrected chi connectivity index (χ0v) is 39.9. The third-order valence-corrected chi connectivity index (χ3v) is 19.5. The molecule has 67 heavy (non-hydrogen) atoms. The summed E-state index contributed by atoms with van der Waals surface area (Å²) in [4.78, 5) is 56.9. The summed E-state index contributed by atoms with van der Waals surface area (Å²) in [5.41, 5.74) is -1.88. The predicted octanol–water partition coefficient (Wildman–Crippen LogP) is 3.84. The number of benzene rings is 1. The monoisotopic (exact) mass is 960 g/mol. The highest BCUT2D eigenvalue weighted by atomic mass is 31.2. The van der Waals surface area contributed by atoms with Gasteiger partial charge in [0, 0.05) is 25.1 Å². The number of H-pyrrole nitrogens is 1. The van der Waals surface area contributed by atoms with Crippen LogP contribution in [0.1, 0.15) is 56.2 Å². The minimum Gasteiger partial charge on any atom is -0.409 e. The van der Waals surface area contributed by atoms with Crippen LogP contribution in [0.4, 0.5) is 11.8 Å². The van der Waals surface area contributed by atoms with Gasteiger partial charge in [0.15, 0.2) is 42.7 Å². The highest BCUT2D eigenvalue weighted by Gasteiger charge is 2.74. The van der Waals surface area contributed by atoms with Gasteiger partial charge in [-0.15, -0.1) is 0 Å². The maximum atomic E-state index is 15.0. The van der Waals surface area contributed by atoms with Crippen molar-refractivity contribution in [2.75, 3.05) is 45.8 Å². The first-order chi connectivity index (χ1) is 31.8. The molecule has 356 valence electrons. The van der Waals surface area contributed by atoms with Crippen molar-refractivity contribution in [2.24, 2.45) is 16.3 Å². The van der Waals surface area contributed by atoms with Gasteiger partial charge in [-0.3, -0.25) is 32.7 Å². The number of amides is 1. The Labute approximate surface area is 385 Å². The van der Waals surface area contributed by atoms with Crippen molar-refractivity contribution in [3.05, 3.63) is 65.2 Å². The van der Waals surface area contributed by atoms with Gasteiger partial charge in [0.25, 0.3) is 11.5 Å². The van der Waals surface area contributed by atoms with Gasteiger partial charge in [-0.05, 0) is 42.6 Å². The van der Waals surface area contributed by atoms with Crippen molar-refractivity contribution in [2.45, 2.75) is 94.0 Å². The number of carbonyl (C=O) groups excluding carboxylic acids is 1. The Hall–Kier alpha value is -5.32. The van der Waals surface area contributed by atoms with E-state index in [1.165, 1.54) is 23.6 Å². The molecular weight excluding hydrogens is 908 g/mol. The normalized spacial score (nSPS) is 28.8. The summed E-state index contributed by atoms with van der Waals surface area (Å²) >= 11 is 0. The van der Waals surface area contributed by atoms with E-state index in [2.05, 4.69) is 74.1 Å². The minimum atomic E-state index is -4.69. The molecule has 25 heteroatoms. The summed E-state index contributed by atoms with van der Waals surface area (Å²) in [6, 6.07) is 10.1. The van der Waals surface area contributed by atoms with Gasteiger partial charge in [0.1, 0.15) is 24.1 Å². The largest absolute Gasteiger partial charge is 0.475 e. The summed E-state index contributed by atoms with van der Waals surface area (Å²) in [6.07, 6.45) is 0.641. The number of aliphatic hydroxyl groups is 2. The molecule has 1 amide bonds. The number of aromatic amines is 1. The van der Waals surface area contributed by atoms with Gasteiger partial charge in [0.2, 0.25) is 5.95 Å². The molecule has 5 aromatic rings. The van der Waals surface area contributed by atoms with Gasteiger partial charge in [-0.1, -0.05) is 39.0 Å². The molecule has 2 saturated carbocycles. The van der Waals surface area contributed by atoms with Gasteiger partial charge in [0.05, 0.1) is 76.2 Å². The first-order valence-electron chi connectivity index (χ1n) is 21.8. The van der Waals surface area contributed by atoms with Crippen LogP contribution in [0.5, 0.6) is 0 Å². The quantitative estimate of drug-likeness (QED) is 0.0338. The summed E-state index contributed by atoms with van der Waals surface area (Å²) in [6.45, 7) is 9.01. The topological polar surface area (TPSA) is 289 Å². The van der Waals surface area contributed by atoms with E-state index in [-0.39, 0.29) is 66.0 Å². The van der Waals surface area contributed by atoms with Crippen molar-refractivity contribution < 1.29 is 47.0 Å². The summed E-state index contributed by atoms with van der Waals surface area (Å²) in [5.74, 6) is -0.486. The van der Waals surface area contributed by atoms with E-state index in [0.717, 1.165) is 0 Å². The molecule has 4 N–H and O–H groups in total. The number of ether oxygens (including phenoxy) is 2. The van der Waals surface area contributed by atoms with Crippen LogP contribution in [0.2, 0.25) is 18.1 Å². The molecule has 10 atom stereocenters. The van der Waals surface area contributed by atoms with Gasteiger partial charge in [-0.2, -0.15) is 10.2 Å². The van der Waals surface area contributed by atoms with E-state index in [0.29, 0.717) is 23.1 Å². The lowest BCUT2D eigenvalue weighted by molar-refractivity contribution is -0.185. The molecule has 9 rings (SSSR count). The molecule has 4 aliphatic rings. The maximum Gasteiger partial charge on any atom is 0.475 e. The van der Waals surface area contributed by atoms with E-state index in [9.17, 15) is 29.6 Å². The van der Waals surface area contributed by atoms with Crippen molar-refractivity contribution in [3.8, 4) is 6.07 Å². The Bertz CT molecular complexity index is 2860. The smallest absolute Gasteiger partial charge is 0.409 e. The van der Waals surface area contributed by atoms with Crippen LogP contribution < -0.4 is 10.9 Å². The molecule has 0 radical (unpaired) electrons. The number of phosphoric ester groups is 1.